The number of halogens is 4. The number of nitrogens with zero attached hydrogens (tertiary/aromatic N) is 2. The van der Waals surface area contributed by atoms with Crippen LogP contribution in [-0.4, -0.2) is 18.4 Å². The molecular formula is C10H6BrCl2FN4O2S. The largest absolute Gasteiger partial charge is 0.398 e. The van der Waals surface area contributed by atoms with Crippen LogP contribution >= 0.6 is 39.1 Å². The van der Waals surface area contributed by atoms with Crippen molar-refractivity contribution in [2.24, 2.45) is 0 Å². The molecule has 2 rings (SSSR count). The quantitative estimate of drug-likeness (QED) is 0.592. The zero-order chi connectivity index (χ0) is 15.8. The lowest BCUT2D eigenvalue weighted by Gasteiger charge is -2.11. The van der Waals surface area contributed by atoms with Gasteiger partial charge in [0.2, 0.25) is 0 Å². The maximum absolute atomic E-state index is 13.8. The average molecular weight is 416 g/mol. The van der Waals surface area contributed by atoms with Gasteiger partial charge in [-0.25, -0.2) is 22.8 Å². The smallest absolute Gasteiger partial charge is 0.265 e. The number of aromatic nitrogens is 2. The van der Waals surface area contributed by atoms with Crippen LogP contribution < -0.4 is 10.5 Å². The second-order valence-electron chi connectivity index (χ2n) is 3.74. The Morgan fingerprint density at radius 2 is 1.81 bits per heavy atom. The number of rotatable bonds is 3. The Morgan fingerprint density at radius 1 is 1.24 bits per heavy atom. The van der Waals surface area contributed by atoms with E-state index in [9.17, 15) is 12.8 Å². The molecule has 0 saturated heterocycles. The summed E-state index contributed by atoms with van der Waals surface area (Å²) >= 11 is 14.5. The number of benzene rings is 1. The minimum atomic E-state index is -4.30. The van der Waals surface area contributed by atoms with Crippen molar-refractivity contribution in [1.29, 1.82) is 0 Å². The van der Waals surface area contributed by atoms with Crippen LogP contribution in [0.1, 0.15) is 0 Å². The lowest BCUT2D eigenvalue weighted by molar-refractivity contribution is 0.570. The van der Waals surface area contributed by atoms with Gasteiger partial charge in [-0.2, -0.15) is 0 Å². The number of nitrogens with one attached hydrogen (secondary N) is 1. The second kappa shape index (κ2) is 5.91. The highest BCUT2D eigenvalue weighted by Crippen LogP contribution is 2.31. The summed E-state index contributed by atoms with van der Waals surface area (Å²) in [6.07, 6.45) is 1.06. The van der Waals surface area contributed by atoms with Crippen LogP contribution in [0.5, 0.6) is 0 Å². The van der Waals surface area contributed by atoms with Crippen LogP contribution in [0.2, 0.25) is 10.3 Å². The van der Waals surface area contributed by atoms with Gasteiger partial charge in [0.25, 0.3) is 10.0 Å². The fraction of sp³-hybridized carbons (Fsp3) is 0. The Kier molecular flexibility index (Phi) is 4.57. The summed E-state index contributed by atoms with van der Waals surface area (Å²) in [7, 11) is -4.30. The molecule has 0 unspecified atom stereocenters. The summed E-state index contributed by atoms with van der Waals surface area (Å²) in [5.74, 6) is -0.993. The maximum atomic E-state index is 13.8. The van der Waals surface area contributed by atoms with Crippen molar-refractivity contribution in [2.75, 3.05) is 10.5 Å². The fourth-order valence-corrected chi connectivity index (χ4v) is 3.38. The van der Waals surface area contributed by atoms with Crippen LogP contribution in [0, 0.1) is 5.82 Å². The Bertz CT molecular complexity index is 799. The van der Waals surface area contributed by atoms with Crippen LogP contribution in [0.3, 0.4) is 0 Å². The predicted octanol–water partition coefficient (Wildman–Crippen LogP) is 3.07. The number of sulfonamides is 1. The molecule has 0 fully saturated rings. The highest BCUT2D eigenvalue weighted by molar-refractivity contribution is 9.10. The van der Waals surface area contributed by atoms with E-state index < -0.39 is 20.7 Å². The molecule has 1 heterocycles. The van der Waals surface area contributed by atoms with Gasteiger partial charge in [0.15, 0.2) is 10.3 Å². The lowest BCUT2D eigenvalue weighted by Crippen LogP contribution is -2.16. The third kappa shape index (κ3) is 3.37. The number of anilines is 2. The van der Waals surface area contributed by atoms with Crippen molar-refractivity contribution in [3.05, 3.63) is 39.1 Å². The Hall–Kier alpha value is -1.16. The molecule has 0 radical (unpaired) electrons. The summed E-state index contributed by atoms with van der Waals surface area (Å²) in [5, 5.41) is -0.437. The molecule has 0 bridgehead atoms. The lowest BCUT2D eigenvalue weighted by atomic mass is 10.3. The number of nitrogen functional groups attached to an aromatic ring is 1. The normalized spacial score (nSPS) is 11.4. The predicted molar refractivity (Wildman–Crippen MR) is 81.4 cm³/mol. The molecule has 0 atom stereocenters. The van der Waals surface area contributed by atoms with Crippen molar-refractivity contribution in [3.63, 3.8) is 0 Å². The molecule has 0 saturated carbocycles. The standard InChI is InChI=1S/C10H6BrCl2FN4O2S/c11-4-1-5(14)7(2-6(4)15)21(19,20)18-8-9(12)16-3-17-10(8)13/h1-3,18H,15H2. The molecule has 0 aliphatic heterocycles. The molecular weight excluding hydrogens is 410 g/mol. The first kappa shape index (κ1) is 16.2. The number of hydrogen-bond donors (Lipinski definition) is 2. The van der Waals surface area contributed by atoms with E-state index in [-0.39, 0.29) is 26.2 Å². The molecule has 11 heteroatoms. The zero-order valence-corrected chi connectivity index (χ0v) is 13.9. The van der Waals surface area contributed by atoms with Crippen molar-refractivity contribution in [3.8, 4) is 0 Å². The van der Waals surface area contributed by atoms with Crippen molar-refractivity contribution in [2.45, 2.75) is 4.90 Å². The zero-order valence-electron chi connectivity index (χ0n) is 9.94. The van der Waals surface area contributed by atoms with Crippen molar-refractivity contribution < 1.29 is 12.8 Å². The molecule has 0 spiro atoms. The van der Waals surface area contributed by atoms with Gasteiger partial charge in [0.1, 0.15) is 22.7 Å². The Labute approximate surface area is 137 Å². The van der Waals surface area contributed by atoms with E-state index in [1.54, 1.807) is 0 Å². The van der Waals surface area contributed by atoms with Crippen LogP contribution in [-0.2, 0) is 10.0 Å². The molecule has 112 valence electrons. The van der Waals surface area contributed by atoms with Crippen molar-refractivity contribution >= 4 is 60.5 Å². The fourth-order valence-electron chi connectivity index (χ4n) is 1.37. The van der Waals surface area contributed by atoms with Gasteiger partial charge < -0.3 is 5.73 Å². The topological polar surface area (TPSA) is 98.0 Å². The molecule has 1 aromatic carbocycles. The van der Waals surface area contributed by atoms with E-state index in [1.807, 2.05) is 4.72 Å². The van der Waals surface area contributed by atoms with E-state index in [4.69, 9.17) is 28.9 Å². The highest BCUT2D eigenvalue weighted by atomic mass is 79.9. The van der Waals surface area contributed by atoms with Gasteiger partial charge in [0.05, 0.1) is 0 Å². The van der Waals surface area contributed by atoms with E-state index in [1.165, 1.54) is 0 Å². The monoisotopic (exact) mass is 414 g/mol. The third-order valence-electron chi connectivity index (χ3n) is 2.33. The molecule has 0 aliphatic carbocycles. The Morgan fingerprint density at radius 3 is 2.38 bits per heavy atom. The minimum Gasteiger partial charge on any atom is -0.398 e. The summed E-state index contributed by atoms with van der Waals surface area (Å²) in [6.45, 7) is 0. The highest BCUT2D eigenvalue weighted by Gasteiger charge is 2.23. The third-order valence-corrected chi connectivity index (χ3v) is 4.96. The maximum Gasteiger partial charge on any atom is 0.265 e. The van der Waals surface area contributed by atoms with Crippen LogP contribution in [0.15, 0.2) is 27.8 Å². The molecule has 0 aliphatic rings. The van der Waals surface area contributed by atoms with Gasteiger partial charge in [-0.3, -0.25) is 4.72 Å². The SMILES string of the molecule is Nc1cc(S(=O)(=O)Nc2c(Cl)ncnc2Cl)c(F)cc1Br. The van der Waals surface area contributed by atoms with Gasteiger partial charge in [-0.15, -0.1) is 0 Å². The summed E-state index contributed by atoms with van der Waals surface area (Å²) in [6, 6.07) is 1.90. The van der Waals surface area contributed by atoms with Crippen LogP contribution in [0.4, 0.5) is 15.8 Å². The first-order valence-electron chi connectivity index (χ1n) is 5.15. The van der Waals surface area contributed by atoms with E-state index in [0.29, 0.717) is 0 Å². The van der Waals surface area contributed by atoms with Gasteiger partial charge in [-0.05, 0) is 28.1 Å². The minimum absolute atomic E-state index is 0.0540. The van der Waals surface area contributed by atoms with Gasteiger partial charge in [0, 0.05) is 10.2 Å². The Balaban J connectivity index is 2.51. The summed E-state index contributed by atoms with van der Waals surface area (Å²) in [5.41, 5.74) is 5.36. The average Bonchev–Trinajstić information content (AvgIpc) is 2.38. The molecule has 0 amide bonds. The molecule has 21 heavy (non-hydrogen) atoms. The van der Waals surface area contributed by atoms with Gasteiger partial charge >= 0.3 is 0 Å². The van der Waals surface area contributed by atoms with E-state index >= 15 is 0 Å². The van der Waals surface area contributed by atoms with E-state index in [0.717, 1.165) is 18.5 Å². The number of nitrogens with two attached hydrogens (primary N) is 1. The van der Waals surface area contributed by atoms with Crippen molar-refractivity contribution in [1.82, 2.24) is 9.97 Å². The summed E-state index contributed by atoms with van der Waals surface area (Å²) < 4.78 is 40.5. The molecule has 2 aromatic rings. The van der Waals surface area contributed by atoms with E-state index in [2.05, 4.69) is 25.9 Å². The number of hydrogen-bond acceptors (Lipinski definition) is 5. The molecule has 6 nitrogen and oxygen atoms in total. The summed E-state index contributed by atoms with van der Waals surface area (Å²) in [4.78, 5) is 6.52. The first-order valence-corrected chi connectivity index (χ1v) is 8.19. The van der Waals surface area contributed by atoms with Crippen LogP contribution in [0.25, 0.3) is 0 Å². The molecule has 1 aromatic heterocycles. The second-order valence-corrected chi connectivity index (χ2v) is 6.96. The van der Waals surface area contributed by atoms with Gasteiger partial charge in [-0.1, -0.05) is 23.2 Å². The molecule has 3 N–H and O–H groups in total. The first-order chi connectivity index (χ1) is 9.72.